The zero-order chi connectivity index (χ0) is 14.6. The third-order valence-electron chi connectivity index (χ3n) is 3.29. The molecule has 5 heteroatoms. The van der Waals surface area contributed by atoms with Crippen LogP contribution in [-0.2, 0) is 0 Å². The average molecular weight is 264 g/mol. The maximum atomic E-state index is 11.9. The number of hydrogen-bond donors (Lipinski definition) is 2. The topological polar surface area (TPSA) is 69.6 Å². The quantitative estimate of drug-likeness (QED) is 0.844. The summed E-state index contributed by atoms with van der Waals surface area (Å²) in [6, 6.07) is 5.88. The van der Waals surface area contributed by atoms with E-state index in [0.717, 1.165) is 0 Å². The number of nitrogens with zero attached hydrogens (tertiary/aromatic N) is 1. The molecule has 5 nitrogen and oxygen atoms in total. The monoisotopic (exact) mass is 264 g/mol. The van der Waals surface area contributed by atoms with Crippen LogP contribution in [0, 0.1) is 0 Å². The minimum absolute atomic E-state index is 0.142. The standard InChI is InChI=1S/C14H20N2O3/c1-14(2,16(3)4)9-15-12(17)10-5-7-11(8-6-10)13(18)19/h5-8H,9H2,1-4H3,(H,15,17)(H,18,19). The Morgan fingerprint density at radius 3 is 2.05 bits per heavy atom. The van der Waals surface area contributed by atoms with Crippen LogP contribution in [0.25, 0.3) is 0 Å². The fraction of sp³-hybridized carbons (Fsp3) is 0.429. The van der Waals surface area contributed by atoms with E-state index in [1.807, 2.05) is 32.8 Å². The molecule has 0 heterocycles. The van der Waals surface area contributed by atoms with E-state index in [-0.39, 0.29) is 17.0 Å². The van der Waals surface area contributed by atoms with Gasteiger partial charge in [0, 0.05) is 17.6 Å². The number of aromatic carboxylic acids is 1. The second-order valence-corrected chi connectivity index (χ2v) is 5.27. The molecule has 0 bridgehead atoms. The summed E-state index contributed by atoms with van der Waals surface area (Å²) in [5, 5.41) is 11.6. The highest BCUT2D eigenvalue weighted by Gasteiger charge is 2.21. The highest BCUT2D eigenvalue weighted by atomic mass is 16.4. The van der Waals surface area contributed by atoms with E-state index in [9.17, 15) is 9.59 Å². The van der Waals surface area contributed by atoms with Crippen molar-refractivity contribution in [3.8, 4) is 0 Å². The number of carbonyl (C=O) groups is 2. The summed E-state index contributed by atoms with van der Waals surface area (Å²) in [5.74, 6) is -1.20. The maximum Gasteiger partial charge on any atom is 0.335 e. The lowest BCUT2D eigenvalue weighted by atomic mass is 10.0. The van der Waals surface area contributed by atoms with E-state index in [1.165, 1.54) is 24.3 Å². The van der Waals surface area contributed by atoms with Crippen molar-refractivity contribution in [1.29, 1.82) is 0 Å². The van der Waals surface area contributed by atoms with Crippen molar-refractivity contribution in [1.82, 2.24) is 10.2 Å². The van der Waals surface area contributed by atoms with Crippen molar-refractivity contribution in [3.63, 3.8) is 0 Å². The summed E-state index contributed by atoms with van der Waals surface area (Å²) in [7, 11) is 3.90. The lowest BCUT2D eigenvalue weighted by Crippen LogP contribution is -2.48. The van der Waals surface area contributed by atoms with Crippen molar-refractivity contribution in [2.45, 2.75) is 19.4 Å². The largest absolute Gasteiger partial charge is 0.478 e. The van der Waals surface area contributed by atoms with Gasteiger partial charge in [-0.05, 0) is 52.2 Å². The van der Waals surface area contributed by atoms with Gasteiger partial charge in [-0.2, -0.15) is 0 Å². The van der Waals surface area contributed by atoms with Gasteiger partial charge in [-0.3, -0.25) is 4.79 Å². The SMILES string of the molecule is CN(C)C(C)(C)CNC(=O)c1ccc(C(=O)O)cc1. The number of carboxylic acid groups (broad SMARTS) is 1. The van der Waals surface area contributed by atoms with Crippen molar-refractivity contribution in [2.24, 2.45) is 0 Å². The molecule has 1 aromatic rings. The molecule has 104 valence electrons. The van der Waals surface area contributed by atoms with Crippen molar-refractivity contribution in [3.05, 3.63) is 35.4 Å². The summed E-state index contributed by atoms with van der Waals surface area (Å²) in [4.78, 5) is 24.7. The number of carbonyl (C=O) groups excluding carboxylic acids is 1. The number of hydrogen-bond acceptors (Lipinski definition) is 3. The number of likely N-dealkylation sites (N-methyl/N-ethyl adjacent to an activating group) is 1. The molecular weight excluding hydrogens is 244 g/mol. The predicted octanol–water partition coefficient (Wildman–Crippen LogP) is 1.45. The molecule has 0 saturated heterocycles. The summed E-state index contributed by atoms with van der Waals surface area (Å²) in [5.41, 5.74) is 0.487. The van der Waals surface area contributed by atoms with Gasteiger partial charge in [0.2, 0.25) is 0 Å². The summed E-state index contributed by atoms with van der Waals surface area (Å²) >= 11 is 0. The van der Waals surface area contributed by atoms with Gasteiger partial charge in [-0.1, -0.05) is 0 Å². The molecule has 0 radical (unpaired) electrons. The third-order valence-corrected chi connectivity index (χ3v) is 3.29. The minimum Gasteiger partial charge on any atom is -0.478 e. The fourth-order valence-electron chi connectivity index (χ4n) is 1.32. The lowest BCUT2D eigenvalue weighted by Gasteiger charge is -2.32. The Labute approximate surface area is 113 Å². The van der Waals surface area contributed by atoms with E-state index in [1.54, 1.807) is 0 Å². The molecule has 0 unspecified atom stereocenters. The second-order valence-electron chi connectivity index (χ2n) is 5.27. The number of rotatable bonds is 5. The molecule has 0 aliphatic rings. The molecule has 0 saturated carbocycles. The first-order valence-electron chi connectivity index (χ1n) is 6.03. The van der Waals surface area contributed by atoms with Crippen LogP contribution in [-0.4, -0.2) is 48.1 Å². The zero-order valence-corrected chi connectivity index (χ0v) is 11.7. The van der Waals surface area contributed by atoms with Crippen LogP contribution in [0.15, 0.2) is 24.3 Å². The average Bonchev–Trinajstić information content (AvgIpc) is 2.36. The van der Waals surface area contributed by atoms with Gasteiger partial charge in [0.1, 0.15) is 0 Å². The van der Waals surface area contributed by atoms with Gasteiger partial charge in [-0.15, -0.1) is 0 Å². The first kappa shape index (κ1) is 15.2. The Hall–Kier alpha value is -1.88. The van der Waals surface area contributed by atoms with Crippen LogP contribution >= 0.6 is 0 Å². The van der Waals surface area contributed by atoms with Crippen LogP contribution in [0.5, 0.6) is 0 Å². The zero-order valence-electron chi connectivity index (χ0n) is 11.7. The van der Waals surface area contributed by atoms with Gasteiger partial charge in [-0.25, -0.2) is 4.79 Å². The van der Waals surface area contributed by atoms with Gasteiger partial charge in [0.25, 0.3) is 5.91 Å². The number of benzene rings is 1. The van der Waals surface area contributed by atoms with Crippen LogP contribution in [0.4, 0.5) is 0 Å². The Morgan fingerprint density at radius 1 is 1.16 bits per heavy atom. The number of nitrogens with one attached hydrogen (secondary N) is 1. The summed E-state index contributed by atoms with van der Waals surface area (Å²) in [6.45, 7) is 4.57. The molecule has 0 aromatic heterocycles. The smallest absolute Gasteiger partial charge is 0.335 e. The highest BCUT2D eigenvalue weighted by Crippen LogP contribution is 2.09. The molecule has 0 aliphatic heterocycles. The first-order valence-corrected chi connectivity index (χ1v) is 6.03. The van der Waals surface area contributed by atoms with Crippen LogP contribution in [0.3, 0.4) is 0 Å². The Kier molecular flexibility index (Phi) is 4.67. The van der Waals surface area contributed by atoms with Crippen LogP contribution in [0.2, 0.25) is 0 Å². The molecule has 2 N–H and O–H groups in total. The Bertz CT molecular complexity index is 464. The molecule has 1 aromatic carbocycles. The van der Waals surface area contributed by atoms with Crippen molar-refractivity contribution < 1.29 is 14.7 Å². The van der Waals surface area contributed by atoms with E-state index in [4.69, 9.17) is 5.11 Å². The molecule has 0 aliphatic carbocycles. The Morgan fingerprint density at radius 2 is 1.63 bits per heavy atom. The van der Waals surface area contributed by atoms with Crippen LogP contribution in [0.1, 0.15) is 34.6 Å². The molecule has 19 heavy (non-hydrogen) atoms. The molecule has 0 spiro atoms. The van der Waals surface area contributed by atoms with Crippen LogP contribution < -0.4 is 5.32 Å². The first-order chi connectivity index (χ1) is 8.74. The number of amides is 1. The second kappa shape index (κ2) is 5.84. The Balaban J connectivity index is 2.66. The molecular formula is C14H20N2O3. The maximum absolute atomic E-state index is 11.9. The summed E-state index contributed by atoms with van der Waals surface area (Å²) in [6.07, 6.45) is 0. The normalized spacial score (nSPS) is 11.4. The third kappa shape index (κ3) is 4.06. The highest BCUT2D eigenvalue weighted by molar-refractivity contribution is 5.95. The molecule has 1 rings (SSSR count). The van der Waals surface area contributed by atoms with E-state index < -0.39 is 5.97 Å². The van der Waals surface area contributed by atoms with E-state index in [2.05, 4.69) is 5.32 Å². The van der Waals surface area contributed by atoms with Gasteiger partial charge >= 0.3 is 5.97 Å². The fourth-order valence-corrected chi connectivity index (χ4v) is 1.32. The summed E-state index contributed by atoms with van der Waals surface area (Å²) < 4.78 is 0. The van der Waals surface area contributed by atoms with E-state index in [0.29, 0.717) is 12.1 Å². The number of carboxylic acids is 1. The van der Waals surface area contributed by atoms with E-state index >= 15 is 0 Å². The van der Waals surface area contributed by atoms with Gasteiger partial charge < -0.3 is 15.3 Å². The van der Waals surface area contributed by atoms with Gasteiger partial charge in [0.05, 0.1) is 5.56 Å². The van der Waals surface area contributed by atoms with Crippen molar-refractivity contribution in [2.75, 3.05) is 20.6 Å². The molecule has 1 amide bonds. The minimum atomic E-state index is -0.999. The molecule has 0 fully saturated rings. The predicted molar refractivity (Wildman–Crippen MR) is 73.5 cm³/mol. The van der Waals surface area contributed by atoms with Gasteiger partial charge in [0.15, 0.2) is 0 Å². The molecule has 0 atom stereocenters. The van der Waals surface area contributed by atoms with Crippen molar-refractivity contribution >= 4 is 11.9 Å². The lowest BCUT2D eigenvalue weighted by molar-refractivity contribution is 0.0696.